The van der Waals surface area contributed by atoms with Crippen LogP contribution >= 0.6 is 0 Å². The van der Waals surface area contributed by atoms with Gasteiger partial charge in [0.2, 0.25) is 0 Å². The normalized spacial score (nSPS) is 22.3. The van der Waals surface area contributed by atoms with Crippen LogP contribution < -0.4 is 10.6 Å². The Bertz CT molecular complexity index is 344. The standard InChI is InChI=1S/C17H28N2/c1-14(10-11-16-7-4-3-5-8-16)19-15(2)13-17-9-6-12-18-17/h3-5,7-8,14-15,17-19H,6,9-13H2,1-2H3. The summed E-state index contributed by atoms with van der Waals surface area (Å²) in [6, 6.07) is 12.7. The van der Waals surface area contributed by atoms with Crippen LogP contribution in [0.4, 0.5) is 0 Å². The Kier molecular flexibility index (Phi) is 5.87. The molecule has 2 heteroatoms. The fourth-order valence-corrected chi connectivity index (χ4v) is 3.05. The fourth-order valence-electron chi connectivity index (χ4n) is 3.05. The first-order valence-electron chi connectivity index (χ1n) is 7.77. The Morgan fingerprint density at radius 2 is 2.00 bits per heavy atom. The van der Waals surface area contributed by atoms with Gasteiger partial charge in [0.25, 0.3) is 0 Å². The number of benzene rings is 1. The van der Waals surface area contributed by atoms with E-state index in [9.17, 15) is 0 Å². The van der Waals surface area contributed by atoms with Gasteiger partial charge in [-0.2, -0.15) is 0 Å². The molecule has 106 valence electrons. The summed E-state index contributed by atoms with van der Waals surface area (Å²) in [5.41, 5.74) is 1.45. The van der Waals surface area contributed by atoms with E-state index in [0.29, 0.717) is 12.1 Å². The van der Waals surface area contributed by atoms with Crippen molar-refractivity contribution < 1.29 is 0 Å². The second kappa shape index (κ2) is 7.66. The Balaban J connectivity index is 1.64. The molecule has 1 aromatic rings. The van der Waals surface area contributed by atoms with Crippen molar-refractivity contribution in [2.75, 3.05) is 6.54 Å². The summed E-state index contributed by atoms with van der Waals surface area (Å²) < 4.78 is 0. The molecule has 0 amide bonds. The Morgan fingerprint density at radius 3 is 2.68 bits per heavy atom. The molecule has 0 aromatic heterocycles. The average molecular weight is 260 g/mol. The van der Waals surface area contributed by atoms with Crippen LogP contribution in [0.25, 0.3) is 0 Å². The van der Waals surface area contributed by atoms with Gasteiger partial charge in [0.15, 0.2) is 0 Å². The summed E-state index contributed by atoms with van der Waals surface area (Å²) in [7, 11) is 0. The van der Waals surface area contributed by atoms with Crippen molar-refractivity contribution in [2.24, 2.45) is 0 Å². The maximum absolute atomic E-state index is 3.74. The summed E-state index contributed by atoms with van der Waals surface area (Å²) in [6.45, 7) is 5.83. The number of rotatable bonds is 7. The van der Waals surface area contributed by atoms with Crippen LogP contribution in [-0.2, 0) is 6.42 Å². The minimum atomic E-state index is 0.594. The van der Waals surface area contributed by atoms with E-state index >= 15 is 0 Å². The Labute approximate surface area is 118 Å². The quantitative estimate of drug-likeness (QED) is 0.787. The number of hydrogen-bond donors (Lipinski definition) is 2. The molecule has 1 aromatic carbocycles. The zero-order chi connectivity index (χ0) is 13.5. The van der Waals surface area contributed by atoms with E-state index in [1.54, 1.807) is 0 Å². The molecule has 19 heavy (non-hydrogen) atoms. The highest BCUT2D eigenvalue weighted by Crippen LogP contribution is 2.12. The number of aryl methyl sites for hydroxylation is 1. The van der Waals surface area contributed by atoms with E-state index in [2.05, 4.69) is 54.8 Å². The third-order valence-corrected chi connectivity index (χ3v) is 4.08. The first-order chi connectivity index (χ1) is 9.24. The highest BCUT2D eigenvalue weighted by molar-refractivity contribution is 5.14. The molecule has 2 rings (SSSR count). The van der Waals surface area contributed by atoms with Gasteiger partial charge < -0.3 is 10.6 Å². The smallest absolute Gasteiger partial charge is 0.00822 e. The lowest BCUT2D eigenvalue weighted by Gasteiger charge is -2.22. The molecule has 3 atom stereocenters. The molecule has 2 nitrogen and oxygen atoms in total. The monoisotopic (exact) mass is 260 g/mol. The maximum atomic E-state index is 3.74. The van der Waals surface area contributed by atoms with E-state index in [1.165, 1.54) is 44.2 Å². The SMILES string of the molecule is CC(CCc1ccccc1)NC(C)CC1CCCN1. The largest absolute Gasteiger partial charge is 0.314 e. The van der Waals surface area contributed by atoms with Crippen molar-refractivity contribution in [2.45, 2.75) is 64.1 Å². The molecular weight excluding hydrogens is 232 g/mol. The zero-order valence-corrected chi connectivity index (χ0v) is 12.4. The molecule has 0 aliphatic carbocycles. The van der Waals surface area contributed by atoms with E-state index in [-0.39, 0.29) is 0 Å². The van der Waals surface area contributed by atoms with Gasteiger partial charge in [-0.3, -0.25) is 0 Å². The lowest BCUT2D eigenvalue weighted by Crippen LogP contribution is -2.38. The van der Waals surface area contributed by atoms with E-state index in [1.807, 2.05) is 0 Å². The molecule has 0 bridgehead atoms. The van der Waals surface area contributed by atoms with Crippen LogP contribution in [0, 0.1) is 0 Å². The van der Waals surface area contributed by atoms with Crippen LogP contribution in [-0.4, -0.2) is 24.7 Å². The second-order valence-electron chi connectivity index (χ2n) is 6.02. The van der Waals surface area contributed by atoms with Crippen LogP contribution in [0.2, 0.25) is 0 Å². The highest BCUT2D eigenvalue weighted by Gasteiger charge is 2.17. The second-order valence-corrected chi connectivity index (χ2v) is 6.02. The molecule has 0 spiro atoms. The minimum Gasteiger partial charge on any atom is -0.314 e. The molecule has 0 radical (unpaired) electrons. The predicted molar refractivity (Wildman–Crippen MR) is 82.5 cm³/mol. The summed E-state index contributed by atoms with van der Waals surface area (Å²) >= 11 is 0. The third-order valence-electron chi connectivity index (χ3n) is 4.08. The first-order valence-corrected chi connectivity index (χ1v) is 7.77. The van der Waals surface area contributed by atoms with Gasteiger partial charge in [0.05, 0.1) is 0 Å². The number of nitrogens with one attached hydrogen (secondary N) is 2. The molecule has 1 fully saturated rings. The van der Waals surface area contributed by atoms with E-state index in [0.717, 1.165) is 6.04 Å². The van der Waals surface area contributed by atoms with Gasteiger partial charge in [-0.05, 0) is 58.1 Å². The van der Waals surface area contributed by atoms with Gasteiger partial charge >= 0.3 is 0 Å². The van der Waals surface area contributed by atoms with E-state index < -0.39 is 0 Å². The lowest BCUT2D eigenvalue weighted by molar-refractivity contribution is 0.391. The molecule has 3 unspecified atom stereocenters. The summed E-state index contributed by atoms with van der Waals surface area (Å²) in [4.78, 5) is 0. The molecule has 0 saturated carbocycles. The fraction of sp³-hybridized carbons (Fsp3) is 0.647. The topological polar surface area (TPSA) is 24.1 Å². The van der Waals surface area contributed by atoms with Crippen molar-refractivity contribution in [1.82, 2.24) is 10.6 Å². The predicted octanol–water partition coefficient (Wildman–Crippen LogP) is 3.13. The van der Waals surface area contributed by atoms with Crippen molar-refractivity contribution >= 4 is 0 Å². The summed E-state index contributed by atoms with van der Waals surface area (Å²) in [5, 5.41) is 7.32. The minimum absolute atomic E-state index is 0.594. The van der Waals surface area contributed by atoms with Crippen molar-refractivity contribution in [3.8, 4) is 0 Å². The van der Waals surface area contributed by atoms with E-state index in [4.69, 9.17) is 0 Å². The van der Waals surface area contributed by atoms with Gasteiger partial charge in [-0.15, -0.1) is 0 Å². The van der Waals surface area contributed by atoms with Crippen molar-refractivity contribution in [3.05, 3.63) is 35.9 Å². The molecule has 1 aliphatic heterocycles. The van der Waals surface area contributed by atoms with Crippen molar-refractivity contribution in [1.29, 1.82) is 0 Å². The molecule has 2 N–H and O–H groups in total. The zero-order valence-electron chi connectivity index (χ0n) is 12.4. The van der Waals surface area contributed by atoms with Gasteiger partial charge in [-0.1, -0.05) is 30.3 Å². The van der Waals surface area contributed by atoms with Crippen LogP contribution in [0.15, 0.2) is 30.3 Å². The summed E-state index contributed by atoms with van der Waals surface area (Å²) in [5.74, 6) is 0. The van der Waals surface area contributed by atoms with Gasteiger partial charge in [0.1, 0.15) is 0 Å². The highest BCUT2D eigenvalue weighted by atomic mass is 15.0. The summed E-state index contributed by atoms with van der Waals surface area (Å²) in [6.07, 6.45) is 6.34. The van der Waals surface area contributed by atoms with Gasteiger partial charge in [0, 0.05) is 18.1 Å². The molecule has 1 aliphatic rings. The van der Waals surface area contributed by atoms with Crippen LogP contribution in [0.1, 0.15) is 45.1 Å². The van der Waals surface area contributed by atoms with Crippen molar-refractivity contribution in [3.63, 3.8) is 0 Å². The average Bonchev–Trinajstić information content (AvgIpc) is 2.90. The molecule has 1 heterocycles. The first kappa shape index (κ1) is 14.5. The lowest BCUT2D eigenvalue weighted by atomic mass is 10.0. The van der Waals surface area contributed by atoms with Crippen LogP contribution in [0.5, 0.6) is 0 Å². The Hall–Kier alpha value is -0.860. The number of hydrogen-bond acceptors (Lipinski definition) is 2. The molecular formula is C17H28N2. The Morgan fingerprint density at radius 1 is 1.21 bits per heavy atom. The van der Waals surface area contributed by atoms with Gasteiger partial charge in [-0.25, -0.2) is 0 Å². The maximum Gasteiger partial charge on any atom is 0.00822 e. The molecule has 1 saturated heterocycles. The van der Waals surface area contributed by atoms with Crippen LogP contribution in [0.3, 0.4) is 0 Å². The third kappa shape index (κ3) is 5.33.